The van der Waals surface area contributed by atoms with E-state index in [9.17, 15) is 24.3 Å². The van der Waals surface area contributed by atoms with Crippen molar-refractivity contribution in [2.75, 3.05) is 48.6 Å². The highest BCUT2D eigenvalue weighted by Gasteiger charge is 2.24. The first kappa shape index (κ1) is 61.6. The Balaban J connectivity index is 0.000000187. The number of anilines is 5. The van der Waals surface area contributed by atoms with Crippen LogP contribution in [0.5, 0.6) is 0 Å². The molecule has 0 radical (unpaired) electrons. The molecule has 10 aromatic heterocycles. The molecule has 0 aliphatic rings. The maximum atomic E-state index is 12.9. The molecule has 10 rings (SSSR count). The first-order valence-electron chi connectivity index (χ1n) is 24.5. The minimum Gasteiger partial charge on any atom is -0.476 e. The van der Waals surface area contributed by atoms with Crippen LogP contribution in [-0.4, -0.2) is 97.1 Å². The lowest BCUT2D eigenvalue weighted by atomic mass is 10.1. The highest BCUT2D eigenvalue weighted by Crippen LogP contribution is 2.31. The van der Waals surface area contributed by atoms with E-state index in [2.05, 4.69) is 87.0 Å². The summed E-state index contributed by atoms with van der Waals surface area (Å²) < 4.78 is 14.0. The summed E-state index contributed by atoms with van der Waals surface area (Å²) in [7, 11) is 8.55. The fraction of sp³-hybridized carbons (Fsp3) is 0.127. The summed E-state index contributed by atoms with van der Waals surface area (Å²) in [6, 6.07) is 31.4. The van der Waals surface area contributed by atoms with E-state index in [4.69, 9.17) is 36.6 Å². The number of pyridine rings is 6. The summed E-state index contributed by atoms with van der Waals surface area (Å²) in [4.78, 5) is 88.8. The number of carboxylic acids is 1. The second-order valence-electron chi connectivity index (χ2n) is 16.7. The third-order valence-corrected chi connectivity index (χ3v) is 11.4. The van der Waals surface area contributed by atoms with Crippen LogP contribution >= 0.6 is 15.9 Å². The van der Waals surface area contributed by atoms with E-state index in [0.29, 0.717) is 50.9 Å². The molecule has 0 saturated carbocycles. The highest BCUT2D eigenvalue weighted by molar-refractivity contribution is 9.10. The van der Waals surface area contributed by atoms with Crippen LogP contribution in [0.3, 0.4) is 0 Å². The minimum absolute atomic E-state index is 0.0612. The molecule has 0 aromatic carbocycles. The maximum absolute atomic E-state index is 12.9. The Kier molecular flexibility index (Phi) is 22.1. The van der Waals surface area contributed by atoms with E-state index in [1.165, 1.54) is 58.5 Å². The summed E-state index contributed by atoms with van der Waals surface area (Å²) in [6.45, 7) is 0.668. The molecule has 84 heavy (non-hydrogen) atoms. The molecule has 29 heteroatoms. The van der Waals surface area contributed by atoms with Gasteiger partial charge >= 0.3 is 5.97 Å². The van der Waals surface area contributed by atoms with Crippen molar-refractivity contribution in [3.05, 3.63) is 194 Å². The molecule has 0 bridgehead atoms. The third-order valence-electron chi connectivity index (χ3n) is 11.0. The zero-order chi connectivity index (χ0) is 60.7. The number of nitrogens with one attached hydrogen (secondary N) is 4. The van der Waals surface area contributed by atoms with Gasteiger partial charge < -0.3 is 61.5 Å². The Labute approximate surface area is 486 Å². The number of carboxylic acid groups (broad SMARTS) is 1. The van der Waals surface area contributed by atoms with Crippen molar-refractivity contribution in [3.8, 4) is 57.8 Å². The average molecular weight is 1200 g/mol. The fourth-order valence-corrected chi connectivity index (χ4v) is 7.23. The van der Waals surface area contributed by atoms with Gasteiger partial charge in [-0.25, -0.2) is 54.6 Å². The van der Waals surface area contributed by atoms with Gasteiger partial charge in [0, 0.05) is 77.4 Å². The molecule has 426 valence electrons. The van der Waals surface area contributed by atoms with Crippen LogP contribution in [0.15, 0.2) is 157 Å². The van der Waals surface area contributed by atoms with Crippen molar-refractivity contribution in [1.29, 1.82) is 10.5 Å². The summed E-state index contributed by atoms with van der Waals surface area (Å²) in [5, 5.41) is 37.4. The van der Waals surface area contributed by atoms with Gasteiger partial charge in [-0.2, -0.15) is 10.5 Å². The smallest absolute Gasteiger partial charge is 0.358 e. The van der Waals surface area contributed by atoms with Crippen LogP contribution in [0.1, 0.15) is 43.8 Å². The van der Waals surface area contributed by atoms with Crippen LogP contribution in [0, 0.1) is 22.7 Å². The van der Waals surface area contributed by atoms with E-state index in [0.717, 1.165) is 17.3 Å². The number of rotatable bonds is 12. The van der Waals surface area contributed by atoms with E-state index >= 15 is 0 Å². The van der Waals surface area contributed by atoms with E-state index < -0.39 is 11.9 Å². The van der Waals surface area contributed by atoms with Gasteiger partial charge in [-0.05, 0) is 76.6 Å². The van der Waals surface area contributed by atoms with E-state index in [1.54, 1.807) is 82.9 Å². The normalized spacial score (nSPS) is 10.0. The van der Waals surface area contributed by atoms with Crippen molar-refractivity contribution in [2.24, 2.45) is 19.8 Å². The monoisotopic (exact) mass is 1200 g/mol. The van der Waals surface area contributed by atoms with Crippen LogP contribution in [0.2, 0.25) is 0 Å². The van der Waals surface area contributed by atoms with Gasteiger partial charge in [-0.1, -0.05) is 24.3 Å². The molecule has 10 heterocycles. The van der Waals surface area contributed by atoms with Crippen LogP contribution < -0.4 is 49.6 Å². The summed E-state index contributed by atoms with van der Waals surface area (Å²) in [6.07, 6.45) is 8.73. The van der Waals surface area contributed by atoms with Gasteiger partial charge in [0.25, 0.3) is 5.91 Å². The van der Waals surface area contributed by atoms with Crippen LogP contribution in [-0.2, 0) is 27.2 Å². The standard InChI is InChI=1S/C21H20N8O3.C14H11N5O4.C7H11N3.C7H7N3.C6H3BrN2/c1-23-14-5-3-4-13(26-14)10-25-20(31)18-19(22)28-17(21-24-8-9-32-21)16(27-18)12-6-7-15(30)29(2)11-12;1-19-6-7(2-3-8(19)20)9-10(13-16-4-5-23-13)18-12(15)11(17-9)14(21)22;2*1-9-7-4-2-3-6(5-8)10-7;7-6-3-1-2-5(4-8)9-6/h3-9,11H,10H2,1-2H3,(H2,22,28)(H,23,26)(H,25,31);2-6H,1H3,(H2,15,18)(H,21,22);2-4H,5,8H2,1H3,(H,9,10);2-4H,1H3,(H,9,10);1-3H. The second-order valence-corrected chi connectivity index (χ2v) is 17.5. The minimum atomic E-state index is -1.31. The average Bonchev–Trinajstić information content (AvgIpc) is 3.01. The molecule has 11 N–H and O–H groups in total. The molecule has 0 saturated heterocycles. The quantitative estimate of drug-likeness (QED) is 0.0698. The van der Waals surface area contributed by atoms with Gasteiger partial charge in [-0.3, -0.25) is 14.4 Å². The topological polar surface area (TPSA) is 427 Å². The number of aromatic carboxylic acids is 1. The number of oxazole rings is 2. The lowest BCUT2D eigenvalue weighted by Crippen LogP contribution is -2.26. The number of aromatic nitrogens is 12. The predicted molar refractivity (Wildman–Crippen MR) is 314 cm³/mol. The number of hydrogen-bond donors (Lipinski definition) is 8. The molecule has 28 nitrogen and oxygen atoms in total. The van der Waals surface area contributed by atoms with Gasteiger partial charge in [0.2, 0.25) is 22.9 Å². The highest BCUT2D eigenvalue weighted by atomic mass is 79.9. The van der Waals surface area contributed by atoms with Crippen molar-refractivity contribution in [3.63, 3.8) is 0 Å². The molecule has 0 spiro atoms. The molecule has 0 atom stereocenters. The molecule has 0 aliphatic carbocycles. The molecular weight excluding hydrogens is 1150 g/mol. The van der Waals surface area contributed by atoms with E-state index in [-0.39, 0.29) is 69.6 Å². The predicted octanol–water partition coefficient (Wildman–Crippen LogP) is 5.52. The number of nitrogen functional groups attached to an aromatic ring is 2. The summed E-state index contributed by atoms with van der Waals surface area (Å²) in [5.41, 5.74) is 20.7. The number of aryl methyl sites for hydroxylation is 2. The number of nitrogens with two attached hydrogens (primary N) is 3. The SMILES string of the molecule is CNc1cccc(C#N)n1.CNc1cccc(CN)n1.CNc1cccc(CNC(=O)c2nc(-c3ccc(=O)n(C)c3)c(-c3ncco3)nc2N)n1.Cn1cc(-c2nc(C(=O)O)c(N)nc2-c2ncco2)ccc1=O.N#Cc1cccc(Br)n1. The van der Waals surface area contributed by atoms with Gasteiger partial charge in [0.05, 0.1) is 30.3 Å². The summed E-state index contributed by atoms with van der Waals surface area (Å²) in [5.74, 6) is 0.445. The largest absolute Gasteiger partial charge is 0.476 e. The lowest BCUT2D eigenvalue weighted by Gasteiger charge is -2.12. The number of nitriles is 2. The maximum Gasteiger partial charge on any atom is 0.358 e. The first-order valence-corrected chi connectivity index (χ1v) is 25.3. The van der Waals surface area contributed by atoms with Gasteiger partial charge in [0.15, 0.2) is 34.4 Å². The number of carbonyl (C=O) groups is 2. The fourth-order valence-electron chi connectivity index (χ4n) is 6.88. The third kappa shape index (κ3) is 17.0. The number of amides is 1. The van der Waals surface area contributed by atoms with Crippen molar-refractivity contribution < 1.29 is 23.5 Å². The molecule has 0 aliphatic heterocycles. The Morgan fingerprint density at radius 2 is 1.05 bits per heavy atom. The Morgan fingerprint density at radius 3 is 1.49 bits per heavy atom. The van der Waals surface area contributed by atoms with Gasteiger partial charge in [0.1, 0.15) is 69.5 Å². The Hall–Kier alpha value is -11.6. The zero-order valence-corrected chi connectivity index (χ0v) is 47.0. The van der Waals surface area contributed by atoms with Crippen molar-refractivity contribution in [1.82, 2.24) is 64.3 Å². The summed E-state index contributed by atoms with van der Waals surface area (Å²) >= 11 is 3.14. The second kappa shape index (κ2) is 30.1. The zero-order valence-electron chi connectivity index (χ0n) is 45.4. The van der Waals surface area contributed by atoms with Gasteiger partial charge in [-0.15, -0.1) is 0 Å². The Bertz CT molecular complexity index is 4070. The lowest BCUT2D eigenvalue weighted by molar-refractivity contribution is 0.0691. The van der Waals surface area contributed by atoms with Crippen LogP contribution in [0.25, 0.3) is 45.7 Å². The molecule has 0 fully saturated rings. The number of halogens is 1. The number of hydrogen-bond acceptors (Lipinski definition) is 24. The molecule has 10 aromatic rings. The first-order chi connectivity index (χ1) is 40.5. The molecule has 0 unspecified atom stereocenters. The number of nitrogens with zero attached hydrogens (tertiary/aromatic N) is 14. The Morgan fingerprint density at radius 1 is 0.595 bits per heavy atom. The van der Waals surface area contributed by atoms with E-state index in [1.807, 2.05) is 49.5 Å². The number of carbonyl (C=O) groups excluding carboxylic acids is 1. The molecule has 1 amide bonds. The molecular formula is C55H52BrN21O7. The van der Waals surface area contributed by atoms with Crippen molar-refractivity contribution >= 4 is 56.9 Å². The van der Waals surface area contributed by atoms with Crippen molar-refractivity contribution in [2.45, 2.75) is 13.1 Å². The van der Waals surface area contributed by atoms with Crippen LogP contribution in [0.4, 0.5) is 29.1 Å².